The van der Waals surface area contributed by atoms with Gasteiger partial charge in [0.25, 0.3) is 5.69 Å². The lowest BCUT2D eigenvalue weighted by Crippen LogP contribution is -2.32. The van der Waals surface area contributed by atoms with E-state index in [1.807, 2.05) is 13.0 Å². The summed E-state index contributed by atoms with van der Waals surface area (Å²) in [5, 5.41) is 16.0. The number of carbonyl (C=O) groups excluding carboxylic acids is 2. The summed E-state index contributed by atoms with van der Waals surface area (Å²) < 4.78 is 0. The topological polar surface area (TPSA) is 117 Å². The van der Waals surface area contributed by atoms with Gasteiger partial charge in [0.15, 0.2) is 0 Å². The number of anilines is 2. The molecule has 9 nitrogen and oxygen atoms in total. The predicted octanol–water partition coefficient (Wildman–Crippen LogP) is 2.20. The van der Waals surface area contributed by atoms with Crippen LogP contribution < -0.4 is 10.6 Å². The van der Waals surface area contributed by atoms with Crippen LogP contribution >= 0.6 is 0 Å². The third-order valence-corrected chi connectivity index (χ3v) is 3.67. The molecule has 142 valence electrons. The molecule has 0 unspecified atom stereocenters. The number of hydrogen-bond acceptors (Lipinski definition) is 6. The third kappa shape index (κ3) is 6.83. The van der Waals surface area contributed by atoms with Crippen molar-refractivity contribution in [2.24, 2.45) is 0 Å². The number of non-ortho nitro benzene ring substituents is 1. The molecule has 0 aliphatic heterocycles. The first kappa shape index (κ1) is 20.0. The van der Waals surface area contributed by atoms with E-state index in [2.05, 4.69) is 15.6 Å². The number of amides is 2. The van der Waals surface area contributed by atoms with Gasteiger partial charge in [0, 0.05) is 37.0 Å². The average molecular weight is 371 g/mol. The maximum Gasteiger partial charge on any atom is 0.269 e. The zero-order chi connectivity index (χ0) is 19.8. The molecule has 0 atom stereocenters. The van der Waals surface area contributed by atoms with Gasteiger partial charge < -0.3 is 10.6 Å². The molecular formula is C18H21N5O4. The number of aryl methyl sites for hydroxylation is 1. The third-order valence-electron chi connectivity index (χ3n) is 3.67. The highest BCUT2D eigenvalue weighted by atomic mass is 16.6. The summed E-state index contributed by atoms with van der Waals surface area (Å²) in [7, 11) is 1.74. The Hall–Kier alpha value is -3.33. The molecule has 9 heteroatoms. The first-order chi connectivity index (χ1) is 12.8. The number of likely N-dealkylation sites (N-methyl/N-ethyl adjacent to an activating group) is 1. The normalized spacial score (nSPS) is 10.5. The van der Waals surface area contributed by atoms with Crippen molar-refractivity contribution in [3.63, 3.8) is 0 Å². The summed E-state index contributed by atoms with van der Waals surface area (Å²) in [5.74, 6) is 0.0239. The van der Waals surface area contributed by atoms with Crippen LogP contribution in [0.4, 0.5) is 17.2 Å². The summed E-state index contributed by atoms with van der Waals surface area (Å²) in [6.45, 7) is 2.42. The highest BCUT2D eigenvalue weighted by Gasteiger charge is 2.11. The van der Waals surface area contributed by atoms with Crippen molar-refractivity contribution in [2.75, 3.05) is 30.8 Å². The highest BCUT2D eigenvalue weighted by molar-refractivity contribution is 5.92. The fraction of sp³-hybridized carbons (Fsp3) is 0.278. The first-order valence-corrected chi connectivity index (χ1v) is 8.29. The first-order valence-electron chi connectivity index (χ1n) is 8.29. The molecular weight excluding hydrogens is 350 g/mol. The number of aromatic nitrogens is 1. The van der Waals surface area contributed by atoms with Gasteiger partial charge in [0.1, 0.15) is 5.82 Å². The second-order valence-electron chi connectivity index (χ2n) is 6.11. The number of rotatable bonds is 8. The van der Waals surface area contributed by atoms with E-state index in [9.17, 15) is 19.7 Å². The molecule has 0 bridgehead atoms. The quantitative estimate of drug-likeness (QED) is 0.542. The Balaban J connectivity index is 1.73. The van der Waals surface area contributed by atoms with Crippen molar-refractivity contribution in [1.29, 1.82) is 0 Å². The van der Waals surface area contributed by atoms with Crippen LogP contribution in [0.5, 0.6) is 0 Å². The van der Waals surface area contributed by atoms with Crippen LogP contribution in [0.15, 0.2) is 42.6 Å². The molecule has 0 saturated heterocycles. The van der Waals surface area contributed by atoms with E-state index in [1.54, 1.807) is 24.2 Å². The minimum absolute atomic E-state index is 0.0400. The van der Waals surface area contributed by atoms with Gasteiger partial charge in [-0.2, -0.15) is 0 Å². The van der Waals surface area contributed by atoms with Crippen LogP contribution in [0.25, 0.3) is 0 Å². The van der Waals surface area contributed by atoms with E-state index in [0.717, 1.165) is 5.56 Å². The minimum Gasteiger partial charge on any atom is -0.326 e. The van der Waals surface area contributed by atoms with Crippen molar-refractivity contribution in [1.82, 2.24) is 9.88 Å². The minimum atomic E-state index is -0.502. The van der Waals surface area contributed by atoms with Crippen molar-refractivity contribution < 1.29 is 14.5 Å². The van der Waals surface area contributed by atoms with Gasteiger partial charge in [0.05, 0.1) is 11.5 Å². The summed E-state index contributed by atoms with van der Waals surface area (Å²) in [5.41, 5.74) is 1.45. The Morgan fingerprint density at radius 3 is 2.41 bits per heavy atom. The fourth-order valence-corrected chi connectivity index (χ4v) is 2.23. The summed E-state index contributed by atoms with van der Waals surface area (Å²) in [6.07, 6.45) is 1.85. The van der Waals surface area contributed by atoms with Crippen molar-refractivity contribution in [3.8, 4) is 0 Å². The molecule has 27 heavy (non-hydrogen) atoms. The highest BCUT2D eigenvalue weighted by Crippen LogP contribution is 2.15. The molecule has 0 aliphatic carbocycles. The molecule has 2 N–H and O–H groups in total. The average Bonchev–Trinajstić information content (AvgIpc) is 2.62. The lowest BCUT2D eigenvalue weighted by atomic mass is 10.2. The maximum atomic E-state index is 12.0. The zero-order valence-corrected chi connectivity index (χ0v) is 15.1. The van der Waals surface area contributed by atoms with Crippen LogP contribution in [0.2, 0.25) is 0 Å². The Bertz CT molecular complexity index is 806. The summed E-state index contributed by atoms with van der Waals surface area (Å²) in [6, 6.07) is 9.18. The smallest absolute Gasteiger partial charge is 0.269 e. The molecule has 0 aliphatic rings. The number of nitrogens with one attached hydrogen (secondary N) is 2. The number of nitro benzene ring substituents is 1. The van der Waals surface area contributed by atoms with Crippen LogP contribution in [-0.2, 0) is 9.59 Å². The molecule has 1 heterocycles. The van der Waals surface area contributed by atoms with E-state index in [-0.39, 0.29) is 30.5 Å². The molecule has 0 radical (unpaired) electrons. The Kier molecular flexibility index (Phi) is 6.95. The molecule has 1 aromatic carbocycles. The number of pyridine rings is 1. The van der Waals surface area contributed by atoms with Gasteiger partial charge in [-0.15, -0.1) is 0 Å². The van der Waals surface area contributed by atoms with E-state index in [0.29, 0.717) is 18.1 Å². The summed E-state index contributed by atoms with van der Waals surface area (Å²) in [4.78, 5) is 39.9. The fourth-order valence-electron chi connectivity index (χ4n) is 2.23. The van der Waals surface area contributed by atoms with Crippen LogP contribution in [0.1, 0.15) is 12.0 Å². The summed E-state index contributed by atoms with van der Waals surface area (Å²) >= 11 is 0. The van der Waals surface area contributed by atoms with E-state index < -0.39 is 4.92 Å². The molecule has 0 spiro atoms. The van der Waals surface area contributed by atoms with E-state index >= 15 is 0 Å². The molecule has 0 fully saturated rings. The molecule has 0 saturated carbocycles. The monoisotopic (exact) mass is 371 g/mol. The van der Waals surface area contributed by atoms with Crippen LogP contribution in [0, 0.1) is 17.0 Å². The van der Waals surface area contributed by atoms with Gasteiger partial charge in [-0.3, -0.25) is 24.6 Å². The second kappa shape index (κ2) is 9.39. The van der Waals surface area contributed by atoms with Crippen LogP contribution in [-0.4, -0.2) is 46.8 Å². The number of nitrogens with zero attached hydrogens (tertiary/aromatic N) is 3. The van der Waals surface area contributed by atoms with Crippen molar-refractivity contribution >= 4 is 29.0 Å². The Morgan fingerprint density at radius 2 is 1.81 bits per heavy atom. The van der Waals surface area contributed by atoms with Gasteiger partial charge in [0.2, 0.25) is 11.8 Å². The number of carbonyl (C=O) groups is 2. The SMILES string of the molecule is Cc1ccc(NC(=O)CN(C)CCC(=O)Nc2ccc([N+](=O)[O-])cc2)nc1. The molecule has 2 amide bonds. The van der Waals surface area contributed by atoms with Gasteiger partial charge in [-0.05, 0) is 37.7 Å². The largest absolute Gasteiger partial charge is 0.326 e. The Morgan fingerprint density at radius 1 is 1.11 bits per heavy atom. The number of benzene rings is 1. The lowest BCUT2D eigenvalue weighted by molar-refractivity contribution is -0.384. The standard InChI is InChI=1S/C18H21N5O4/c1-13-3-8-16(19-11-13)21-18(25)12-22(2)10-9-17(24)20-14-4-6-15(7-5-14)23(26)27/h3-8,11H,9-10,12H2,1-2H3,(H,20,24)(H,19,21,25). The van der Waals surface area contributed by atoms with Gasteiger partial charge in [-0.25, -0.2) is 4.98 Å². The Labute approximate surface area is 156 Å². The van der Waals surface area contributed by atoms with Gasteiger partial charge in [-0.1, -0.05) is 6.07 Å². The lowest BCUT2D eigenvalue weighted by Gasteiger charge is -2.16. The van der Waals surface area contributed by atoms with Crippen LogP contribution in [0.3, 0.4) is 0 Å². The van der Waals surface area contributed by atoms with Gasteiger partial charge >= 0.3 is 0 Å². The number of hydrogen-bond donors (Lipinski definition) is 2. The van der Waals surface area contributed by atoms with E-state index in [4.69, 9.17) is 0 Å². The second-order valence-corrected chi connectivity index (χ2v) is 6.11. The van der Waals surface area contributed by atoms with Crippen molar-refractivity contribution in [2.45, 2.75) is 13.3 Å². The van der Waals surface area contributed by atoms with Crippen molar-refractivity contribution in [3.05, 3.63) is 58.3 Å². The molecule has 2 aromatic rings. The van der Waals surface area contributed by atoms with E-state index in [1.165, 1.54) is 24.3 Å². The molecule has 1 aromatic heterocycles. The predicted molar refractivity (Wildman–Crippen MR) is 101 cm³/mol. The zero-order valence-electron chi connectivity index (χ0n) is 15.1. The number of nitro groups is 1. The molecule has 2 rings (SSSR count). The maximum absolute atomic E-state index is 12.0.